The molecule has 0 aromatic heterocycles. The van der Waals surface area contributed by atoms with Gasteiger partial charge in [-0.3, -0.25) is 14.4 Å². The van der Waals surface area contributed by atoms with Gasteiger partial charge >= 0.3 is 0 Å². The van der Waals surface area contributed by atoms with E-state index in [1.165, 1.54) is 4.90 Å². The standard InChI is InChI=1S/C14H12F3N3O3/c15-8-3-10(17)9(16)2-7(8)13(22)19-6-1-11-14(23)18-4-12(21)20(11)5-6/h2-3,6,11H,1,4-5H2,(H,18,23)(H,19,22)/t6-,11-/m0/s1. The van der Waals surface area contributed by atoms with Crippen molar-refractivity contribution in [3.05, 3.63) is 35.1 Å². The molecule has 122 valence electrons. The Labute approximate surface area is 128 Å². The molecule has 2 aliphatic rings. The third-order valence-electron chi connectivity index (χ3n) is 3.93. The van der Waals surface area contributed by atoms with Crippen molar-refractivity contribution in [2.24, 2.45) is 0 Å². The molecule has 2 atom stereocenters. The smallest absolute Gasteiger partial charge is 0.254 e. The zero-order valence-electron chi connectivity index (χ0n) is 11.7. The van der Waals surface area contributed by atoms with Crippen LogP contribution in [0.3, 0.4) is 0 Å². The lowest BCUT2D eigenvalue weighted by atomic mass is 10.1. The molecule has 1 aromatic rings. The number of halogens is 3. The molecule has 0 radical (unpaired) electrons. The minimum atomic E-state index is -1.39. The fourth-order valence-electron chi connectivity index (χ4n) is 2.81. The molecule has 9 heteroatoms. The average Bonchev–Trinajstić information content (AvgIpc) is 2.91. The van der Waals surface area contributed by atoms with Crippen LogP contribution in [-0.4, -0.2) is 47.8 Å². The fourth-order valence-corrected chi connectivity index (χ4v) is 2.81. The topological polar surface area (TPSA) is 78.5 Å². The highest BCUT2D eigenvalue weighted by atomic mass is 19.2. The quantitative estimate of drug-likeness (QED) is 0.747. The number of carbonyl (C=O) groups excluding carboxylic acids is 3. The Hall–Kier alpha value is -2.58. The molecule has 23 heavy (non-hydrogen) atoms. The van der Waals surface area contributed by atoms with Gasteiger partial charge in [0.15, 0.2) is 11.6 Å². The van der Waals surface area contributed by atoms with Crippen molar-refractivity contribution in [1.29, 1.82) is 0 Å². The first kappa shape index (κ1) is 15.3. The van der Waals surface area contributed by atoms with E-state index >= 15 is 0 Å². The fraction of sp³-hybridized carbons (Fsp3) is 0.357. The van der Waals surface area contributed by atoms with Gasteiger partial charge in [0, 0.05) is 18.7 Å². The van der Waals surface area contributed by atoms with E-state index < -0.39 is 41.0 Å². The van der Waals surface area contributed by atoms with Crippen molar-refractivity contribution in [2.45, 2.75) is 18.5 Å². The van der Waals surface area contributed by atoms with Crippen LogP contribution >= 0.6 is 0 Å². The normalized spacial score (nSPS) is 23.5. The van der Waals surface area contributed by atoms with Gasteiger partial charge in [-0.25, -0.2) is 13.2 Å². The lowest BCUT2D eigenvalue weighted by Gasteiger charge is -2.28. The summed E-state index contributed by atoms with van der Waals surface area (Å²) in [4.78, 5) is 36.7. The van der Waals surface area contributed by atoms with Crippen molar-refractivity contribution in [2.75, 3.05) is 13.1 Å². The Morgan fingerprint density at radius 3 is 2.57 bits per heavy atom. The average molecular weight is 327 g/mol. The first-order valence-electron chi connectivity index (χ1n) is 6.89. The van der Waals surface area contributed by atoms with Crippen molar-refractivity contribution >= 4 is 17.7 Å². The maximum Gasteiger partial charge on any atom is 0.254 e. The number of carbonyl (C=O) groups is 3. The number of hydrogen-bond acceptors (Lipinski definition) is 3. The predicted molar refractivity (Wildman–Crippen MR) is 70.7 cm³/mol. The van der Waals surface area contributed by atoms with Crippen molar-refractivity contribution in [1.82, 2.24) is 15.5 Å². The molecule has 0 unspecified atom stereocenters. The highest BCUT2D eigenvalue weighted by molar-refractivity contribution is 5.97. The highest BCUT2D eigenvalue weighted by Crippen LogP contribution is 2.21. The summed E-state index contributed by atoms with van der Waals surface area (Å²) in [6.07, 6.45) is 0.175. The van der Waals surface area contributed by atoms with Crippen LogP contribution in [0.5, 0.6) is 0 Å². The van der Waals surface area contributed by atoms with E-state index in [1.807, 2.05) is 0 Å². The van der Waals surface area contributed by atoms with Gasteiger partial charge in [-0.15, -0.1) is 0 Å². The largest absolute Gasteiger partial charge is 0.347 e. The summed E-state index contributed by atoms with van der Waals surface area (Å²) >= 11 is 0. The summed E-state index contributed by atoms with van der Waals surface area (Å²) in [6.45, 7) is 0.00174. The summed E-state index contributed by atoms with van der Waals surface area (Å²) in [5.41, 5.74) is -0.635. The molecule has 0 aliphatic carbocycles. The minimum Gasteiger partial charge on any atom is -0.347 e. The summed E-state index contributed by atoms with van der Waals surface area (Å²) in [7, 11) is 0. The number of nitrogens with zero attached hydrogens (tertiary/aromatic N) is 1. The second-order valence-corrected chi connectivity index (χ2v) is 5.43. The van der Waals surface area contributed by atoms with E-state index in [0.29, 0.717) is 12.1 Å². The van der Waals surface area contributed by atoms with Crippen molar-refractivity contribution < 1.29 is 27.6 Å². The van der Waals surface area contributed by atoms with Gasteiger partial charge in [-0.1, -0.05) is 0 Å². The van der Waals surface area contributed by atoms with E-state index in [0.717, 1.165) is 0 Å². The van der Waals surface area contributed by atoms with Crippen LogP contribution in [0.4, 0.5) is 13.2 Å². The Bertz CT molecular complexity index is 686. The van der Waals surface area contributed by atoms with E-state index in [-0.39, 0.29) is 31.3 Å². The van der Waals surface area contributed by atoms with Gasteiger partial charge in [0.1, 0.15) is 11.9 Å². The first-order valence-corrected chi connectivity index (χ1v) is 6.89. The minimum absolute atomic E-state index is 0.103. The molecule has 2 saturated heterocycles. The molecule has 2 fully saturated rings. The molecule has 3 amide bonds. The molecule has 0 bridgehead atoms. The van der Waals surface area contributed by atoms with Crippen LogP contribution < -0.4 is 10.6 Å². The summed E-state index contributed by atoms with van der Waals surface area (Å²) in [6, 6.07) is -0.497. The number of rotatable bonds is 2. The summed E-state index contributed by atoms with van der Waals surface area (Å²) < 4.78 is 39.6. The van der Waals surface area contributed by atoms with E-state index in [9.17, 15) is 27.6 Å². The Balaban J connectivity index is 1.73. The number of amides is 3. The third-order valence-corrected chi connectivity index (χ3v) is 3.93. The van der Waals surface area contributed by atoms with Crippen LogP contribution in [0.15, 0.2) is 12.1 Å². The van der Waals surface area contributed by atoms with Gasteiger partial charge < -0.3 is 15.5 Å². The molecule has 0 saturated carbocycles. The Morgan fingerprint density at radius 2 is 1.87 bits per heavy atom. The van der Waals surface area contributed by atoms with Crippen molar-refractivity contribution in [3.8, 4) is 0 Å². The van der Waals surface area contributed by atoms with Gasteiger partial charge in [-0.2, -0.15) is 0 Å². The molecule has 2 aliphatic heterocycles. The molecule has 2 N–H and O–H groups in total. The monoisotopic (exact) mass is 327 g/mol. The second kappa shape index (κ2) is 5.56. The van der Waals surface area contributed by atoms with Crippen LogP contribution in [0.2, 0.25) is 0 Å². The zero-order chi connectivity index (χ0) is 16.7. The number of hydrogen-bond donors (Lipinski definition) is 2. The van der Waals surface area contributed by atoms with Crippen molar-refractivity contribution in [3.63, 3.8) is 0 Å². The van der Waals surface area contributed by atoms with Gasteiger partial charge in [0.2, 0.25) is 11.8 Å². The highest BCUT2D eigenvalue weighted by Gasteiger charge is 2.42. The number of nitrogens with one attached hydrogen (secondary N) is 2. The van der Waals surface area contributed by atoms with E-state index in [2.05, 4.69) is 10.6 Å². The van der Waals surface area contributed by atoms with E-state index in [4.69, 9.17) is 0 Å². The number of piperazine rings is 1. The predicted octanol–water partition coefficient (Wildman–Crippen LogP) is -0.0670. The molecular weight excluding hydrogens is 315 g/mol. The first-order chi connectivity index (χ1) is 10.9. The maximum atomic E-state index is 13.6. The molecular formula is C14H12F3N3O3. The maximum absolute atomic E-state index is 13.6. The Kier molecular flexibility index (Phi) is 3.70. The molecule has 3 rings (SSSR count). The second-order valence-electron chi connectivity index (χ2n) is 5.43. The SMILES string of the molecule is O=C(N[C@H]1C[C@H]2C(=O)NCC(=O)N2C1)c1cc(F)c(F)cc1F. The number of fused-ring (bicyclic) bond motifs is 1. The molecule has 6 nitrogen and oxygen atoms in total. The zero-order valence-corrected chi connectivity index (χ0v) is 11.7. The third kappa shape index (κ3) is 2.73. The van der Waals surface area contributed by atoms with Gasteiger partial charge in [0.05, 0.1) is 12.1 Å². The molecule has 2 heterocycles. The summed E-state index contributed by atoms with van der Waals surface area (Å²) in [5, 5.41) is 4.88. The van der Waals surface area contributed by atoms with Crippen LogP contribution in [0, 0.1) is 17.5 Å². The molecule has 0 spiro atoms. The Morgan fingerprint density at radius 1 is 1.17 bits per heavy atom. The van der Waals surface area contributed by atoms with E-state index in [1.54, 1.807) is 0 Å². The lowest BCUT2D eigenvalue weighted by molar-refractivity contribution is -0.143. The van der Waals surface area contributed by atoms with Gasteiger partial charge in [-0.05, 0) is 12.5 Å². The van der Waals surface area contributed by atoms with Crippen LogP contribution in [-0.2, 0) is 9.59 Å². The number of benzene rings is 1. The van der Waals surface area contributed by atoms with Crippen LogP contribution in [0.1, 0.15) is 16.8 Å². The van der Waals surface area contributed by atoms with Gasteiger partial charge in [0.25, 0.3) is 5.91 Å². The summed E-state index contributed by atoms with van der Waals surface area (Å²) in [5.74, 6) is -5.44. The lowest BCUT2D eigenvalue weighted by Crippen LogP contribution is -2.55. The van der Waals surface area contributed by atoms with Crippen LogP contribution in [0.25, 0.3) is 0 Å². The molecule has 1 aromatic carbocycles.